The zero-order valence-corrected chi connectivity index (χ0v) is 15.1. The van der Waals surface area contributed by atoms with Crippen LogP contribution in [0, 0.1) is 10.1 Å². The molecule has 1 amide bonds. The summed E-state index contributed by atoms with van der Waals surface area (Å²) < 4.78 is 39.9. The lowest BCUT2D eigenvalue weighted by molar-refractivity contribution is -0.384. The van der Waals surface area contributed by atoms with Gasteiger partial charge in [0.15, 0.2) is 0 Å². The number of non-ortho nitro benzene ring substituents is 1. The highest BCUT2D eigenvalue weighted by Gasteiger charge is 2.33. The fourth-order valence-electron chi connectivity index (χ4n) is 2.66. The van der Waals surface area contributed by atoms with Gasteiger partial charge in [0.2, 0.25) is 5.91 Å². The van der Waals surface area contributed by atoms with Crippen LogP contribution in [0.2, 0.25) is 0 Å². The fraction of sp³-hybridized carbons (Fsp3) is 0.105. The molecule has 0 bridgehead atoms. The van der Waals surface area contributed by atoms with Crippen molar-refractivity contribution < 1.29 is 22.9 Å². The summed E-state index contributed by atoms with van der Waals surface area (Å²) in [4.78, 5) is 34.6. The molecule has 3 aromatic rings. The summed E-state index contributed by atoms with van der Waals surface area (Å²) in [5.41, 5.74) is -1.80. The molecule has 2 aromatic carbocycles. The van der Waals surface area contributed by atoms with E-state index in [1.807, 2.05) is 0 Å². The van der Waals surface area contributed by atoms with E-state index in [0.717, 1.165) is 22.9 Å². The van der Waals surface area contributed by atoms with Crippen LogP contribution >= 0.6 is 0 Å². The second kappa shape index (κ2) is 8.15. The van der Waals surface area contributed by atoms with E-state index in [9.17, 15) is 32.9 Å². The third-order valence-corrected chi connectivity index (χ3v) is 4.02. The van der Waals surface area contributed by atoms with Gasteiger partial charge in [0.1, 0.15) is 6.54 Å². The molecule has 3 rings (SSSR count). The second-order valence-corrected chi connectivity index (χ2v) is 6.11. The minimum Gasteiger partial charge on any atom is -0.324 e. The lowest BCUT2D eigenvalue weighted by Gasteiger charge is -2.14. The normalized spacial score (nSPS) is 11.2. The molecular formula is C19H13F3N4O4. The van der Waals surface area contributed by atoms with Crippen LogP contribution in [-0.4, -0.2) is 20.6 Å². The smallest absolute Gasteiger partial charge is 0.324 e. The van der Waals surface area contributed by atoms with Gasteiger partial charge in [-0.15, -0.1) is 0 Å². The number of nitro benzene ring substituents is 1. The van der Waals surface area contributed by atoms with Crippen molar-refractivity contribution >= 4 is 17.3 Å². The summed E-state index contributed by atoms with van der Waals surface area (Å²) in [5.74, 6) is -0.891. The molecule has 0 saturated heterocycles. The molecule has 0 aliphatic heterocycles. The highest BCUT2D eigenvalue weighted by Crippen LogP contribution is 2.34. The Labute approximate surface area is 166 Å². The Balaban J connectivity index is 1.85. The van der Waals surface area contributed by atoms with Crippen molar-refractivity contribution in [1.82, 2.24) is 9.78 Å². The van der Waals surface area contributed by atoms with Crippen molar-refractivity contribution in [2.75, 3.05) is 5.32 Å². The predicted molar refractivity (Wildman–Crippen MR) is 101 cm³/mol. The molecule has 0 aliphatic rings. The fourth-order valence-corrected chi connectivity index (χ4v) is 2.66. The van der Waals surface area contributed by atoms with E-state index in [1.165, 1.54) is 42.5 Å². The maximum Gasteiger partial charge on any atom is 0.418 e. The largest absolute Gasteiger partial charge is 0.418 e. The van der Waals surface area contributed by atoms with Gasteiger partial charge in [-0.05, 0) is 18.2 Å². The summed E-state index contributed by atoms with van der Waals surface area (Å²) in [6.45, 7) is -0.645. The molecule has 0 radical (unpaired) electrons. The number of hydrogen-bond acceptors (Lipinski definition) is 5. The van der Waals surface area contributed by atoms with Gasteiger partial charge < -0.3 is 5.32 Å². The molecule has 1 N–H and O–H groups in total. The first-order valence-corrected chi connectivity index (χ1v) is 8.44. The summed E-state index contributed by atoms with van der Waals surface area (Å²) in [5, 5.41) is 17.0. The molecule has 8 nitrogen and oxygen atoms in total. The number of carbonyl (C=O) groups excluding carboxylic acids is 1. The zero-order chi connectivity index (χ0) is 21.9. The maximum atomic E-state index is 13.1. The van der Waals surface area contributed by atoms with E-state index in [-0.39, 0.29) is 11.4 Å². The molecule has 0 saturated carbocycles. The van der Waals surface area contributed by atoms with Crippen molar-refractivity contribution in [3.05, 3.63) is 86.7 Å². The Kier molecular flexibility index (Phi) is 5.63. The minimum atomic E-state index is -4.67. The van der Waals surface area contributed by atoms with Crippen LogP contribution in [0.5, 0.6) is 0 Å². The van der Waals surface area contributed by atoms with Gasteiger partial charge in [-0.1, -0.05) is 24.3 Å². The molecule has 0 aliphatic carbocycles. The summed E-state index contributed by atoms with van der Waals surface area (Å²) >= 11 is 0. The maximum absolute atomic E-state index is 13.1. The number of nitrogens with zero attached hydrogens (tertiary/aromatic N) is 3. The number of nitrogens with one attached hydrogen (secondary N) is 1. The number of halogens is 3. The second-order valence-electron chi connectivity index (χ2n) is 6.11. The van der Waals surface area contributed by atoms with Gasteiger partial charge in [-0.2, -0.15) is 18.3 Å². The number of anilines is 1. The molecule has 0 atom stereocenters. The number of para-hydroxylation sites is 1. The third-order valence-electron chi connectivity index (χ3n) is 4.02. The Morgan fingerprint density at radius 2 is 1.83 bits per heavy atom. The van der Waals surface area contributed by atoms with E-state index < -0.39 is 40.4 Å². The number of rotatable bonds is 5. The predicted octanol–water partition coefficient (Wildman–Crippen LogP) is 3.48. The first-order valence-electron chi connectivity index (χ1n) is 8.44. The van der Waals surface area contributed by atoms with E-state index in [1.54, 1.807) is 0 Å². The topological polar surface area (TPSA) is 107 Å². The first-order chi connectivity index (χ1) is 14.1. The van der Waals surface area contributed by atoms with E-state index in [0.29, 0.717) is 5.56 Å². The monoisotopic (exact) mass is 418 g/mol. The quantitative estimate of drug-likeness (QED) is 0.504. The highest BCUT2D eigenvalue weighted by molar-refractivity contribution is 5.91. The summed E-state index contributed by atoms with van der Waals surface area (Å²) in [6, 6.07) is 12.4. The average molecular weight is 418 g/mol. The van der Waals surface area contributed by atoms with Crippen LogP contribution in [0.1, 0.15) is 5.56 Å². The number of amides is 1. The number of hydrogen-bond donors (Lipinski definition) is 1. The molecule has 1 aromatic heterocycles. The Morgan fingerprint density at radius 1 is 1.10 bits per heavy atom. The van der Waals surface area contributed by atoms with E-state index >= 15 is 0 Å². The number of aromatic nitrogens is 2. The minimum absolute atomic E-state index is 0.182. The van der Waals surface area contributed by atoms with Gasteiger partial charge >= 0.3 is 6.18 Å². The van der Waals surface area contributed by atoms with Crippen molar-refractivity contribution in [2.24, 2.45) is 0 Å². The van der Waals surface area contributed by atoms with Gasteiger partial charge in [-0.25, -0.2) is 4.68 Å². The van der Waals surface area contributed by atoms with Crippen LogP contribution in [-0.2, 0) is 17.5 Å². The zero-order valence-electron chi connectivity index (χ0n) is 15.1. The average Bonchev–Trinajstić information content (AvgIpc) is 2.69. The molecule has 11 heteroatoms. The summed E-state index contributed by atoms with van der Waals surface area (Å²) in [7, 11) is 0. The number of alkyl halides is 3. The number of benzene rings is 2. The molecule has 1 heterocycles. The Morgan fingerprint density at radius 3 is 2.53 bits per heavy atom. The molecule has 30 heavy (non-hydrogen) atoms. The molecular weight excluding hydrogens is 405 g/mol. The Bertz CT molecular complexity index is 1170. The van der Waals surface area contributed by atoms with Crippen LogP contribution in [0.15, 0.2) is 65.5 Å². The van der Waals surface area contributed by atoms with E-state index in [4.69, 9.17) is 0 Å². The molecule has 0 spiro atoms. The van der Waals surface area contributed by atoms with Gasteiger partial charge in [0.25, 0.3) is 11.2 Å². The third kappa shape index (κ3) is 4.69. The van der Waals surface area contributed by atoms with Crippen LogP contribution in [0.3, 0.4) is 0 Å². The van der Waals surface area contributed by atoms with Crippen molar-refractivity contribution in [2.45, 2.75) is 12.7 Å². The van der Waals surface area contributed by atoms with Crippen LogP contribution in [0.25, 0.3) is 11.3 Å². The van der Waals surface area contributed by atoms with Gasteiger partial charge in [0, 0.05) is 23.8 Å². The van der Waals surface area contributed by atoms with Crippen LogP contribution in [0.4, 0.5) is 24.5 Å². The van der Waals surface area contributed by atoms with Crippen LogP contribution < -0.4 is 10.9 Å². The SMILES string of the molecule is O=C(Cn1nc(-c2cccc([N+](=O)[O-])c2)ccc1=O)Nc1ccccc1C(F)(F)F. The lowest BCUT2D eigenvalue weighted by Crippen LogP contribution is -2.29. The summed E-state index contributed by atoms with van der Waals surface area (Å²) in [6.07, 6.45) is -4.67. The van der Waals surface area contributed by atoms with Crippen molar-refractivity contribution in [3.63, 3.8) is 0 Å². The lowest BCUT2D eigenvalue weighted by atomic mass is 10.1. The Hall–Kier alpha value is -4.02. The standard InChI is InChI=1S/C19H13F3N4O4/c20-19(21,22)14-6-1-2-7-16(14)23-17(27)11-25-18(28)9-8-15(24-25)12-4-3-5-13(10-12)26(29)30/h1-10H,11H2,(H,23,27). The highest BCUT2D eigenvalue weighted by atomic mass is 19.4. The van der Waals surface area contributed by atoms with E-state index in [2.05, 4.69) is 10.4 Å². The van der Waals surface area contributed by atoms with Crippen molar-refractivity contribution in [1.29, 1.82) is 0 Å². The molecule has 154 valence electrons. The van der Waals surface area contributed by atoms with Gasteiger partial charge in [-0.3, -0.25) is 19.7 Å². The first kappa shape index (κ1) is 20.7. The van der Waals surface area contributed by atoms with Gasteiger partial charge in [0.05, 0.1) is 21.9 Å². The molecule has 0 unspecified atom stereocenters. The molecule has 0 fully saturated rings. The number of nitro groups is 1. The van der Waals surface area contributed by atoms with Crippen molar-refractivity contribution in [3.8, 4) is 11.3 Å². The number of carbonyl (C=O) groups is 1.